The topological polar surface area (TPSA) is 48.0 Å². The van der Waals surface area contributed by atoms with Crippen LogP contribution in [0.3, 0.4) is 0 Å². The first-order chi connectivity index (χ1) is 16.1. The first kappa shape index (κ1) is 28.0. The minimum Gasteiger partial charge on any atom is -0.378 e. The number of nitrogens with one attached hydrogen (secondary N) is 1. The SMILES string of the molecule is Br.Br.Cc1ccc(N2CCN(C)CC2)c2c1CC[C@@H](NC(=O)c1ccc(N3CCOCC3)cc1)C2. The molecule has 1 atom stereocenters. The van der Waals surface area contributed by atoms with Crippen molar-refractivity contribution in [3.8, 4) is 0 Å². The lowest BCUT2D eigenvalue weighted by Gasteiger charge is -2.37. The molecular weight excluding hydrogens is 572 g/mol. The maximum absolute atomic E-state index is 13.0. The van der Waals surface area contributed by atoms with Gasteiger partial charge in [-0.05, 0) is 80.3 Å². The Labute approximate surface area is 230 Å². The van der Waals surface area contributed by atoms with Crippen LogP contribution in [0.15, 0.2) is 36.4 Å². The van der Waals surface area contributed by atoms with Gasteiger partial charge in [-0.3, -0.25) is 4.79 Å². The van der Waals surface area contributed by atoms with Crippen LogP contribution in [0.5, 0.6) is 0 Å². The highest BCUT2D eigenvalue weighted by Crippen LogP contribution is 2.33. The van der Waals surface area contributed by atoms with E-state index < -0.39 is 0 Å². The molecule has 192 valence electrons. The zero-order valence-corrected chi connectivity index (χ0v) is 24.2. The van der Waals surface area contributed by atoms with E-state index >= 15 is 0 Å². The van der Waals surface area contributed by atoms with Crippen molar-refractivity contribution in [2.75, 3.05) is 69.3 Å². The fourth-order valence-electron chi connectivity index (χ4n) is 5.42. The van der Waals surface area contributed by atoms with Gasteiger partial charge in [-0.25, -0.2) is 0 Å². The zero-order valence-electron chi connectivity index (χ0n) is 20.8. The van der Waals surface area contributed by atoms with Crippen molar-refractivity contribution < 1.29 is 9.53 Å². The van der Waals surface area contributed by atoms with E-state index in [0.29, 0.717) is 0 Å². The summed E-state index contributed by atoms with van der Waals surface area (Å²) in [5.74, 6) is 0.0331. The molecule has 6 nitrogen and oxygen atoms in total. The number of carbonyl (C=O) groups is 1. The number of hydrogen-bond donors (Lipinski definition) is 1. The molecule has 0 aromatic heterocycles. The number of halogens is 2. The average Bonchev–Trinajstić information content (AvgIpc) is 2.86. The van der Waals surface area contributed by atoms with Crippen molar-refractivity contribution in [3.63, 3.8) is 0 Å². The smallest absolute Gasteiger partial charge is 0.251 e. The van der Waals surface area contributed by atoms with Crippen LogP contribution in [0.1, 0.15) is 33.5 Å². The number of likely N-dealkylation sites (N-methyl/N-ethyl adjacent to an activating group) is 1. The third kappa shape index (κ3) is 6.40. The van der Waals surface area contributed by atoms with Gasteiger partial charge in [0, 0.05) is 62.2 Å². The van der Waals surface area contributed by atoms with Gasteiger partial charge in [-0.2, -0.15) is 0 Å². The van der Waals surface area contributed by atoms with E-state index in [2.05, 4.69) is 58.3 Å². The molecule has 2 heterocycles. The molecule has 0 radical (unpaired) electrons. The number of ether oxygens (including phenoxy) is 1. The first-order valence-electron chi connectivity index (χ1n) is 12.4. The fraction of sp³-hybridized carbons (Fsp3) is 0.519. The Balaban J connectivity index is 0.00000171. The van der Waals surface area contributed by atoms with Gasteiger partial charge in [0.15, 0.2) is 0 Å². The lowest BCUT2D eigenvalue weighted by molar-refractivity contribution is 0.0933. The highest BCUT2D eigenvalue weighted by molar-refractivity contribution is 8.93. The quantitative estimate of drug-likeness (QED) is 0.567. The normalized spacial score (nSPS) is 20.3. The summed E-state index contributed by atoms with van der Waals surface area (Å²) >= 11 is 0. The highest BCUT2D eigenvalue weighted by atomic mass is 79.9. The molecule has 2 fully saturated rings. The van der Waals surface area contributed by atoms with Crippen LogP contribution in [0.25, 0.3) is 0 Å². The Morgan fingerprint density at radius 1 is 0.886 bits per heavy atom. The average molecular weight is 610 g/mol. The van der Waals surface area contributed by atoms with Crippen molar-refractivity contribution in [2.24, 2.45) is 0 Å². The maximum atomic E-state index is 13.0. The number of fused-ring (bicyclic) bond motifs is 1. The summed E-state index contributed by atoms with van der Waals surface area (Å²) in [7, 11) is 2.20. The number of piperazine rings is 1. The third-order valence-electron chi connectivity index (χ3n) is 7.52. The largest absolute Gasteiger partial charge is 0.378 e. The molecule has 0 bridgehead atoms. The van der Waals surface area contributed by atoms with Crippen molar-refractivity contribution in [3.05, 3.63) is 58.7 Å². The first-order valence-corrected chi connectivity index (χ1v) is 12.4. The van der Waals surface area contributed by atoms with E-state index in [4.69, 9.17) is 4.74 Å². The van der Waals surface area contributed by atoms with Crippen LogP contribution in [-0.4, -0.2) is 76.4 Å². The standard InChI is InChI=1S/C27H36N4O2.2BrH/c1-20-3-10-26(31-13-11-29(2)12-14-31)25-19-22(6-9-24(20)25)28-27(32)21-4-7-23(8-5-21)30-15-17-33-18-16-30;;/h3-5,7-8,10,22H,6,9,11-19H2,1-2H3,(H,28,32);2*1H/t22-;;/m1../s1. The second kappa shape index (κ2) is 12.6. The number of hydrogen-bond acceptors (Lipinski definition) is 5. The number of morpholine rings is 1. The van der Waals surface area contributed by atoms with Crippen LogP contribution in [0, 0.1) is 6.92 Å². The number of anilines is 2. The molecule has 0 spiro atoms. The summed E-state index contributed by atoms with van der Waals surface area (Å²) in [4.78, 5) is 20.3. The van der Waals surface area contributed by atoms with E-state index in [1.807, 2.05) is 12.1 Å². The summed E-state index contributed by atoms with van der Waals surface area (Å²) in [6.45, 7) is 9.90. The molecule has 0 saturated carbocycles. The minimum atomic E-state index is 0. The van der Waals surface area contributed by atoms with Crippen LogP contribution >= 0.6 is 34.0 Å². The Kier molecular flexibility index (Phi) is 10.0. The molecule has 0 unspecified atom stereocenters. The Morgan fingerprint density at radius 3 is 2.26 bits per heavy atom. The number of aryl methyl sites for hydroxylation is 1. The number of nitrogens with zero attached hydrogens (tertiary/aromatic N) is 3. The molecule has 2 aromatic carbocycles. The summed E-state index contributed by atoms with van der Waals surface area (Å²) < 4.78 is 5.44. The molecule has 3 aliphatic rings. The molecule has 5 rings (SSSR count). The molecule has 1 amide bonds. The maximum Gasteiger partial charge on any atom is 0.251 e. The lowest BCUT2D eigenvalue weighted by atomic mass is 9.84. The third-order valence-corrected chi connectivity index (χ3v) is 7.52. The molecule has 1 aliphatic carbocycles. The second-order valence-electron chi connectivity index (χ2n) is 9.71. The van der Waals surface area contributed by atoms with E-state index in [0.717, 1.165) is 83.0 Å². The monoisotopic (exact) mass is 608 g/mol. The number of benzene rings is 2. The van der Waals surface area contributed by atoms with E-state index in [1.54, 1.807) is 0 Å². The second-order valence-corrected chi connectivity index (χ2v) is 9.71. The molecular formula is C27H38Br2N4O2. The number of amides is 1. The van der Waals surface area contributed by atoms with Gasteiger partial charge in [0.1, 0.15) is 0 Å². The van der Waals surface area contributed by atoms with Crippen LogP contribution in [0.2, 0.25) is 0 Å². The van der Waals surface area contributed by atoms with Crippen molar-refractivity contribution in [2.45, 2.75) is 32.2 Å². The summed E-state index contributed by atoms with van der Waals surface area (Å²) in [6, 6.07) is 12.8. The summed E-state index contributed by atoms with van der Waals surface area (Å²) in [5.41, 5.74) is 7.59. The van der Waals surface area contributed by atoms with E-state index in [1.165, 1.54) is 22.4 Å². The Morgan fingerprint density at radius 2 is 1.57 bits per heavy atom. The van der Waals surface area contributed by atoms with Gasteiger partial charge in [-0.15, -0.1) is 34.0 Å². The Hall–Kier alpha value is -1.61. The molecule has 35 heavy (non-hydrogen) atoms. The van der Waals surface area contributed by atoms with Crippen molar-refractivity contribution >= 4 is 51.2 Å². The highest BCUT2D eigenvalue weighted by Gasteiger charge is 2.27. The minimum absolute atomic E-state index is 0. The Bertz CT molecular complexity index is 987. The van der Waals surface area contributed by atoms with Gasteiger partial charge in [-0.1, -0.05) is 6.07 Å². The van der Waals surface area contributed by atoms with E-state index in [9.17, 15) is 4.79 Å². The van der Waals surface area contributed by atoms with Crippen LogP contribution < -0.4 is 15.1 Å². The fourth-order valence-corrected chi connectivity index (χ4v) is 5.42. The molecule has 2 aromatic rings. The number of rotatable bonds is 4. The predicted molar refractivity (Wildman–Crippen MR) is 154 cm³/mol. The molecule has 2 aliphatic heterocycles. The van der Waals surface area contributed by atoms with Crippen LogP contribution in [-0.2, 0) is 17.6 Å². The zero-order chi connectivity index (χ0) is 22.8. The molecule has 1 N–H and O–H groups in total. The van der Waals surface area contributed by atoms with E-state index in [-0.39, 0.29) is 45.9 Å². The molecule has 8 heteroatoms. The van der Waals surface area contributed by atoms with Crippen molar-refractivity contribution in [1.82, 2.24) is 10.2 Å². The van der Waals surface area contributed by atoms with Crippen molar-refractivity contribution in [1.29, 1.82) is 0 Å². The van der Waals surface area contributed by atoms with Gasteiger partial charge in [0.05, 0.1) is 13.2 Å². The van der Waals surface area contributed by atoms with Gasteiger partial charge < -0.3 is 24.8 Å². The lowest BCUT2D eigenvalue weighted by Crippen LogP contribution is -2.45. The van der Waals surface area contributed by atoms with Gasteiger partial charge >= 0.3 is 0 Å². The summed E-state index contributed by atoms with van der Waals surface area (Å²) in [6.07, 6.45) is 2.94. The van der Waals surface area contributed by atoms with Gasteiger partial charge in [0.25, 0.3) is 5.91 Å². The number of carbonyl (C=O) groups excluding carboxylic acids is 1. The predicted octanol–water partition coefficient (Wildman–Crippen LogP) is 4.03. The molecule has 2 saturated heterocycles. The van der Waals surface area contributed by atoms with Crippen LogP contribution in [0.4, 0.5) is 11.4 Å². The summed E-state index contributed by atoms with van der Waals surface area (Å²) in [5, 5.41) is 3.33. The van der Waals surface area contributed by atoms with Gasteiger partial charge in [0.2, 0.25) is 0 Å².